The molecule has 32 heavy (non-hydrogen) atoms. The Labute approximate surface area is 188 Å². The summed E-state index contributed by atoms with van der Waals surface area (Å²) in [6, 6.07) is 12.9. The summed E-state index contributed by atoms with van der Waals surface area (Å²) in [5.41, 5.74) is 6.59. The van der Waals surface area contributed by atoms with E-state index in [4.69, 9.17) is 27.4 Å². The third kappa shape index (κ3) is 4.62. The number of hydrogen-bond acceptors (Lipinski definition) is 7. The maximum absolute atomic E-state index is 14.8. The summed E-state index contributed by atoms with van der Waals surface area (Å²) in [6.07, 6.45) is 0.157. The van der Waals surface area contributed by atoms with E-state index in [1.165, 1.54) is 22.3 Å². The first-order valence-electron chi connectivity index (χ1n) is 9.80. The summed E-state index contributed by atoms with van der Waals surface area (Å²) in [7, 11) is 0. The number of cyclic esters (lactones) is 1. The minimum atomic E-state index is -0.654. The number of halogens is 1. The number of benzene rings is 2. The summed E-state index contributed by atoms with van der Waals surface area (Å²) >= 11 is 4.87. The van der Waals surface area contributed by atoms with E-state index in [0.29, 0.717) is 30.0 Å². The fraction of sp³-hybridized carbons (Fsp3) is 0.238. The Morgan fingerprint density at radius 2 is 2.03 bits per heavy atom. The molecule has 0 aromatic heterocycles. The Morgan fingerprint density at radius 3 is 2.69 bits per heavy atom. The number of rotatable bonds is 5. The molecule has 2 aliphatic rings. The SMILES string of the molecule is NC(=S)N1CCN(c2ccc(N3CC(COC(=O)c4ccccc4)OC3=O)cc2F)C=N1. The number of anilines is 2. The van der Waals surface area contributed by atoms with Crippen LogP contribution in [0.15, 0.2) is 53.6 Å². The molecule has 2 heterocycles. The van der Waals surface area contributed by atoms with Crippen molar-refractivity contribution in [3.05, 3.63) is 59.9 Å². The molecular formula is C21H20FN5O4S. The first-order chi connectivity index (χ1) is 15.4. The molecule has 0 bridgehead atoms. The van der Waals surface area contributed by atoms with E-state index >= 15 is 0 Å². The van der Waals surface area contributed by atoms with Gasteiger partial charge in [-0.2, -0.15) is 5.10 Å². The molecule has 9 nitrogen and oxygen atoms in total. The molecule has 0 saturated carbocycles. The maximum Gasteiger partial charge on any atom is 0.414 e. The van der Waals surface area contributed by atoms with Crippen LogP contribution in [0.2, 0.25) is 0 Å². The van der Waals surface area contributed by atoms with Crippen molar-refractivity contribution in [1.29, 1.82) is 0 Å². The van der Waals surface area contributed by atoms with Gasteiger partial charge in [-0.15, -0.1) is 0 Å². The standard InChI is InChI=1S/C21H20FN5O4S/c22-17-10-15(6-7-18(17)25-8-9-27(20(23)32)24-13-25)26-11-16(31-21(26)29)12-30-19(28)14-4-2-1-3-5-14/h1-7,10,13,16H,8-9,11-12H2,(H2,23,32). The van der Waals surface area contributed by atoms with Crippen molar-refractivity contribution >= 4 is 47.1 Å². The molecular weight excluding hydrogens is 437 g/mol. The van der Waals surface area contributed by atoms with Crippen molar-refractivity contribution in [2.24, 2.45) is 10.8 Å². The molecule has 1 atom stereocenters. The van der Waals surface area contributed by atoms with Crippen molar-refractivity contribution in [1.82, 2.24) is 5.01 Å². The number of thiocarbonyl (C=S) groups is 1. The van der Waals surface area contributed by atoms with E-state index in [-0.39, 0.29) is 18.3 Å². The minimum absolute atomic E-state index is 0.0969. The normalized spacial score (nSPS) is 18.0. The molecule has 2 aliphatic heterocycles. The van der Waals surface area contributed by atoms with Gasteiger partial charge >= 0.3 is 12.1 Å². The van der Waals surface area contributed by atoms with Gasteiger partial charge in [0.1, 0.15) is 18.8 Å². The van der Waals surface area contributed by atoms with Crippen LogP contribution in [0.1, 0.15) is 10.4 Å². The highest BCUT2D eigenvalue weighted by Gasteiger charge is 2.34. The van der Waals surface area contributed by atoms with Crippen LogP contribution in [0, 0.1) is 5.82 Å². The van der Waals surface area contributed by atoms with Crippen molar-refractivity contribution in [2.45, 2.75) is 6.10 Å². The third-order valence-corrected chi connectivity index (χ3v) is 5.18. The molecule has 2 aromatic rings. The van der Waals surface area contributed by atoms with Gasteiger partial charge in [-0.1, -0.05) is 18.2 Å². The zero-order valence-corrected chi connectivity index (χ0v) is 17.7. The maximum atomic E-state index is 14.8. The van der Waals surface area contributed by atoms with Crippen molar-refractivity contribution in [2.75, 3.05) is 36.0 Å². The van der Waals surface area contributed by atoms with Crippen LogP contribution in [0.5, 0.6) is 0 Å². The summed E-state index contributed by atoms with van der Waals surface area (Å²) in [6.45, 7) is 0.903. The van der Waals surface area contributed by atoms with Gasteiger partial charge in [0.2, 0.25) is 0 Å². The average Bonchev–Trinajstić information content (AvgIpc) is 3.18. The van der Waals surface area contributed by atoms with Gasteiger partial charge in [-0.3, -0.25) is 4.90 Å². The summed E-state index contributed by atoms with van der Waals surface area (Å²) < 4.78 is 25.3. The van der Waals surface area contributed by atoms with Crippen LogP contribution in [-0.2, 0) is 9.47 Å². The first-order valence-corrected chi connectivity index (χ1v) is 10.2. The van der Waals surface area contributed by atoms with Crippen LogP contribution in [-0.4, -0.2) is 60.9 Å². The topological polar surface area (TPSA) is 101 Å². The molecule has 2 N–H and O–H groups in total. The highest BCUT2D eigenvalue weighted by Crippen LogP contribution is 2.28. The Morgan fingerprint density at radius 1 is 1.25 bits per heavy atom. The van der Waals surface area contributed by atoms with E-state index in [1.807, 2.05) is 0 Å². The Kier molecular flexibility index (Phi) is 6.17. The number of hydrazone groups is 1. The first kappa shape index (κ1) is 21.5. The number of carbonyl (C=O) groups excluding carboxylic acids is 2. The molecule has 2 aromatic carbocycles. The van der Waals surface area contributed by atoms with Crippen LogP contribution in [0.3, 0.4) is 0 Å². The molecule has 11 heteroatoms. The van der Waals surface area contributed by atoms with Gasteiger partial charge in [0.05, 0.1) is 30.0 Å². The van der Waals surface area contributed by atoms with Crippen LogP contribution in [0.25, 0.3) is 0 Å². The molecule has 0 radical (unpaired) electrons. The summed E-state index contributed by atoms with van der Waals surface area (Å²) in [5.74, 6) is -1.03. The van der Waals surface area contributed by atoms with Crippen molar-refractivity contribution in [3.63, 3.8) is 0 Å². The summed E-state index contributed by atoms with van der Waals surface area (Å²) in [4.78, 5) is 27.3. The number of nitrogens with two attached hydrogens (primary N) is 1. The van der Waals surface area contributed by atoms with E-state index in [0.717, 1.165) is 0 Å². The quantitative estimate of drug-likeness (QED) is 0.539. The Balaban J connectivity index is 1.38. The smallest absolute Gasteiger partial charge is 0.414 e. The van der Waals surface area contributed by atoms with E-state index < -0.39 is 24.0 Å². The van der Waals surface area contributed by atoms with Crippen molar-refractivity contribution < 1.29 is 23.5 Å². The van der Waals surface area contributed by atoms with E-state index in [1.54, 1.807) is 47.4 Å². The molecule has 0 spiro atoms. The molecule has 1 fully saturated rings. The van der Waals surface area contributed by atoms with Crippen LogP contribution >= 0.6 is 12.2 Å². The highest BCUT2D eigenvalue weighted by molar-refractivity contribution is 7.80. The fourth-order valence-electron chi connectivity index (χ4n) is 3.33. The number of ether oxygens (including phenoxy) is 2. The molecule has 4 rings (SSSR count). The Hall–Kier alpha value is -3.73. The van der Waals surface area contributed by atoms with Gasteiger partial charge in [-0.05, 0) is 42.5 Å². The second-order valence-electron chi connectivity index (χ2n) is 7.10. The fourth-order valence-corrected chi connectivity index (χ4v) is 3.47. The molecule has 0 aliphatic carbocycles. The molecule has 1 unspecified atom stereocenters. The number of esters is 1. The number of hydrogen-bond donors (Lipinski definition) is 1. The van der Waals surface area contributed by atoms with Crippen LogP contribution < -0.4 is 15.5 Å². The lowest BCUT2D eigenvalue weighted by molar-refractivity contribution is 0.0300. The number of carbonyl (C=O) groups is 2. The minimum Gasteiger partial charge on any atom is -0.458 e. The summed E-state index contributed by atoms with van der Waals surface area (Å²) in [5, 5.41) is 5.68. The van der Waals surface area contributed by atoms with Gasteiger partial charge in [0.25, 0.3) is 0 Å². The van der Waals surface area contributed by atoms with Gasteiger partial charge < -0.3 is 20.1 Å². The number of amides is 1. The van der Waals surface area contributed by atoms with E-state index in [9.17, 15) is 14.0 Å². The zero-order valence-electron chi connectivity index (χ0n) is 16.9. The van der Waals surface area contributed by atoms with E-state index in [2.05, 4.69) is 5.10 Å². The Bertz CT molecular complexity index is 1070. The highest BCUT2D eigenvalue weighted by atomic mass is 32.1. The van der Waals surface area contributed by atoms with Crippen molar-refractivity contribution in [3.8, 4) is 0 Å². The van der Waals surface area contributed by atoms with Gasteiger partial charge in [-0.25, -0.2) is 19.0 Å². The largest absolute Gasteiger partial charge is 0.458 e. The predicted octanol–water partition coefficient (Wildman–Crippen LogP) is 2.32. The number of nitrogens with zero attached hydrogens (tertiary/aromatic N) is 4. The van der Waals surface area contributed by atoms with Gasteiger partial charge in [0.15, 0.2) is 11.2 Å². The van der Waals surface area contributed by atoms with Crippen LogP contribution in [0.4, 0.5) is 20.6 Å². The second-order valence-corrected chi connectivity index (χ2v) is 7.52. The second kappa shape index (κ2) is 9.18. The lowest BCUT2D eigenvalue weighted by atomic mass is 10.2. The van der Waals surface area contributed by atoms with Gasteiger partial charge in [0, 0.05) is 6.54 Å². The predicted molar refractivity (Wildman–Crippen MR) is 120 cm³/mol. The molecule has 1 amide bonds. The zero-order chi connectivity index (χ0) is 22.7. The lowest BCUT2D eigenvalue weighted by Gasteiger charge is -2.29. The molecule has 1 saturated heterocycles. The average molecular weight is 457 g/mol. The third-order valence-electron chi connectivity index (χ3n) is 4.97. The molecule has 166 valence electrons. The lowest BCUT2D eigenvalue weighted by Crippen LogP contribution is -2.43. The monoisotopic (exact) mass is 457 g/mol.